The lowest BCUT2D eigenvalue weighted by Crippen LogP contribution is -1.96. The number of aromatic nitrogens is 1. The molecule has 66 valence electrons. The fourth-order valence-corrected chi connectivity index (χ4v) is 0.886. The molecule has 0 atom stereocenters. The molecular weight excluding hydrogens is 162 g/mol. The summed E-state index contributed by atoms with van der Waals surface area (Å²) in [5.41, 5.74) is 0.954. The number of amidine groups is 1. The summed E-state index contributed by atoms with van der Waals surface area (Å²) in [6, 6.07) is 3.73. The van der Waals surface area contributed by atoms with E-state index in [0.717, 1.165) is 5.56 Å². The number of aliphatic imine (C=N–C) groups is 2. The van der Waals surface area contributed by atoms with Crippen molar-refractivity contribution >= 4 is 12.1 Å². The molecule has 0 aliphatic heterocycles. The molecule has 0 saturated carbocycles. The van der Waals surface area contributed by atoms with E-state index in [0.29, 0.717) is 5.84 Å². The lowest BCUT2D eigenvalue weighted by molar-refractivity contribution is 1.30. The number of pyridine rings is 1. The highest BCUT2D eigenvalue weighted by Gasteiger charge is 1.96. The molecule has 13 heavy (non-hydrogen) atoms. The summed E-state index contributed by atoms with van der Waals surface area (Å²) in [7, 11) is 1.70. The summed E-state index contributed by atoms with van der Waals surface area (Å²) >= 11 is 0. The van der Waals surface area contributed by atoms with E-state index in [1.165, 1.54) is 0 Å². The van der Waals surface area contributed by atoms with Gasteiger partial charge in [0.2, 0.25) is 0 Å². The Morgan fingerprint density at radius 1 is 1.46 bits per heavy atom. The Morgan fingerprint density at radius 3 is 2.69 bits per heavy atom. The largest absolute Gasteiger partial charge is 0.270 e. The molecule has 0 aromatic carbocycles. The lowest BCUT2D eigenvalue weighted by atomic mass is 10.2. The van der Waals surface area contributed by atoms with E-state index in [1.807, 2.05) is 12.1 Å². The zero-order valence-corrected chi connectivity index (χ0v) is 7.51. The Morgan fingerprint density at radius 2 is 2.15 bits per heavy atom. The van der Waals surface area contributed by atoms with Crippen LogP contribution in [0.5, 0.6) is 0 Å². The lowest BCUT2D eigenvalue weighted by Gasteiger charge is -1.97. The van der Waals surface area contributed by atoms with Crippen LogP contribution in [0.25, 0.3) is 0 Å². The SMILES string of the molecule is C=C/C=N\C(=N/C)c1ccncc1. The van der Waals surface area contributed by atoms with Gasteiger partial charge in [-0.15, -0.1) is 0 Å². The van der Waals surface area contributed by atoms with Crippen LogP contribution < -0.4 is 0 Å². The van der Waals surface area contributed by atoms with Crippen molar-refractivity contribution in [2.75, 3.05) is 7.05 Å². The van der Waals surface area contributed by atoms with Crippen molar-refractivity contribution in [1.29, 1.82) is 0 Å². The van der Waals surface area contributed by atoms with Crippen molar-refractivity contribution in [1.82, 2.24) is 4.98 Å². The van der Waals surface area contributed by atoms with E-state index < -0.39 is 0 Å². The normalized spacial score (nSPS) is 11.9. The molecule has 3 nitrogen and oxygen atoms in total. The molecule has 0 bridgehead atoms. The van der Waals surface area contributed by atoms with Crippen LogP contribution >= 0.6 is 0 Å². The van der Waals surface area contributed by atoms with Gasteiger partial charge in [-0.25, -0.2) is 4.99 Å². The van der Waals surface area contributed by atoms with E-state index in [2.05, 4.69) is 21.5 Å². The number of hydrogen-bond donors (Lipinski definition) is 0. The molecule has 0 spiro atoms. The van der Waals surface area contributed by atoms with Gasteiger partial charge >= 0.3 is 0 Å². The second-order valence-corrected chi connectivity index (χ2v) is 2.30. The minimum Gasteiger partial charge on any atom is -0.270 e. The summed E-state index contributed by atoms with van der Waals surface area (Å²) < 4.78 is 0. The summed E-state index contributed by atoms with van der Waals surface area (Å²) in [6.07, 6.45) is 6.66. The van der Waals surface area contributed by atoms with Gasteiger partial charge in [-0.2, -0.15) is 0 Å². The Bertz CT molecular complexity index is 325. The first kappa shape index (κ1) is 9.32. The van der Waals surface area contributed by atoms with Crippen LogP contribution in [-0.2, 0) is 0 Å². The van der Waals surface area contributed by atoms with Crippen LogP contribution in [0.1, 0.15) is 5.56 Å². The highest BCUT2D eigenvalue weighted by molar-refractivity contribution is 6.03. The van der Waals surface area contributed by atoms with Gasteiger partial charge in [0.05, 0.1) is 0 Å². The first-order valence-electron chi connectivity index (χ1n) is 3.90. The van der Waals surface area contributed by atoms with E-state index in [4.69, 9.17) is 0 Å². The molecule has 0 aliphatic carbocycles. The molecule has 1 heterocycles. The van der Waals surface area contributed by atoms with Gasteiger partial charge < -0.3 is 0 Å². The molecule has 0 N–H and O–H groups in total. The number of allylic oxidation sites excluding steroid dienone is 1. The maximum Gasteiger partial charge on any atom is 0.154 e. The fraction of sp³-hybridized carbons (Fsp3) is 0.100. The third-order valence-corrected chi connectivity index (χ3v) is 1.45. The van der Waals surface area contributed by atoms with Crippen LogP contribution in [0.3, 0.4) is 0 Å². The average molecular weight is 173 g/mol. The molecule has 0 saturated heterocycles. The number of rotatable bonds is 2. The Balaban J connectivity index is 2.92. The highest BCUT2D eigenvalue weighted by Crippen LogP contribution is 1.99. The smallest absolute Gasteiger partial charge is 0.154 e. The van der Waals surface area contributed by atoms with Crippen molar-refractivity contribution in [2.45, 2.75) is 0 Å². The monoisotopic (exact) mass is 173 g/mol. The molecule has 3 heteroatoms. The number of hydrogen-bond acceptors (Lipinski definition) is 2. The maximum atomic E-state index is 4.11. The van der Waals surface area contributed by atoms with Crippen LogP contribution in [0.15, 0.2) is 47.2 Å². The molecular formula is C10H11N3. The van der Waals surface area contributed by atoms with Crippen LogP contribution in [-0.4, -0.2) is 24.1 Å². The predicted octanol–water partition coefficient (Wildman–Crippen LogP) is 1.71. The second-order valence-electron chi connectivity index (χ2n) is 2.30. The zero-order valence-electron chi connectivity index (χ0n) is 7.51. The van der Waals surface area contributed by atoms with Gasteiger partial charge in [0.25, 0.3) is 0 Å². The van der Waals surface area contributed by atoms with Crippen LogP contribution in [0.2, 0.25) is 0 Å². The maximum absolute atomic E-state index is 4.11. The minimum atomic E-state index is 0.683. The van der Waals surface area contributed by atoms with Crippen molar-refractivity contribution in [3.05, 3.63) is 42.7 Å². The predicted molar refractivity (Wildman–Crippen MR) is 55.4 cm³/mol. The molecule has 1 aromatic heterocycles. The minimum absolute atomic E-state index is 0.683. The first-order valence-corrected chi connectivity index (χ1v) is 3.90. The van der Waals surface area contributed by atoms with Crippen LogP contribution in [0.4, 0.5) is 0 Å². The molecule has 0 fully saturated rings. The van der Waals surface area contributed by atoms with Crippen molar-refractivity contribution < 1.29 is 0 Å². The average Bonchev–Trinajstić information content (AvgIpc) is 2.21. The standard InChI is InChI=1S/C10H11N3/c1-3-6-13-10(11-2)9-4-7-12-8-5-9/h3-8H,1H2,2H3/b11-10-,13-6-. The third kappa shape index (κ3) is 2.63. The highest BCUT2D eigenvalue weighted by atomic mass is 14.9. The Labute approximate surface area is 77.6 Å². The summed E-state index contributed by atoms with van der Waals surface area (Å²) in [5, 5.41) is 0. The van der Waals surface area contributed by atoms with Crippen molar-refractivity contribution in [3.63, 3.8) is 0 Å². The zero-order chi connectivity index (χ0) is 9.52. The van der Waals surface area contributed by atoms with Crippen LogP contribution in [0, 0.1) is 0 Å². The second kappa shape index (κ2) is 4.98. The Hall–Kier alpha value is -1.77. The quantitative estimate of drug-likeness (QED) is 0.495. The van der Waals surface area contributed by atoms with Gasteiger partial charge in [-0.05, 0) is 12.1 Å². The van der Waals surface area contributed by atoms with E-state index in [-0.39, 0.29) is 0 Å². The topological polar surface area (TPSA) is 37.6 Å². The van der Waals surface area contributed by atoms with Gasteiger partial charge in [0.15, 0.2) is 5.84 Å². The fourth-order valence-electron chi connectivity index (χ4n) is 0.886. The molecule has 1 aromatic rings. The van der Waals surface area contributed by atoms with Gasteiger partial charge in [-0.1, -0.05) is 12.7 Å². The van der Waals surface area contributed by atoms with Gasteiger partial charge in [0.1, 0.15) is 0 Å². The molecule has 0 unspecified atom stereocenters. The number of nitrogens with zero attached hydrogens (tertiary/aromatic N) is 3. The molecule has 0 amide bonds. The summed E-state index contributed by atoms with van der Waals surface area (Å²) in [6.45, 7) is 3.54. The molecule has 1 rings (SSSR count). The Kier molecular flexibility index (Phi) is 3.57. The molecule has 0 aliphatic rings. The molecule has 0 radical (unpaired) electrons. The van der Waals surface area contributed by atoms with E-state index in [9.17, 15) is 0 Å². The summed E-state index contributed by atoms with van der Waals surface area (Å²) in [5.74, 6) is 0.683. The van der Waals surface area contributed by atoms with Gasteiger partial charge in [-0.3, -0.25) is 9.98 Å². The first-order chi connectivity index (χ1) is 6.38. The summed E-state index contributed by atoms with van der Waals surface area (Å²) in [4.78, 5) is 12.1. The third-order valence-electron chi connectivity index (χ3n) is 1.45. The van der Waals surface area contributed by atoms with Gasteiger partial charge in [0, 0.05) is 31.2 Å². The van der Waals surface area contributed by atoms with Crippen molar-refractivity contribution in [3.8, 4) is 0 Å². The van der Waals surface area contributed by atoms with E-state index >= 15 is 0 Å². The van der Waals surface area contributed by atoms with Crippen molar-refractivity contribution in [2.24, 2.45) is 9.98 Å². The van der Waals surface area contributed by atoms with E-state index in [1.54, 1.807) is 31.7 Å².